The van der Waals surface area contributed by atoms with Crippen molar-refractivity contribution in [3.05, 3.63) is 0 Å². The first-order valence-corrected chi connectivity index (χ1v) is 23.7. The second-order valence-corrected chi connectivity index (χ2v) is 17.3. The first kappa shape index (κ1) is 52.4. The Morgan fingerprint density at radius 3 is 0.907 bits per heavy atom. The predicted octanol–water partition coefficient (Wildman–Crippen LogP) is 15.0. The zero-order valence-corrected chi connectivity index (χ0v) is 36.8. The third-order valence-corrected chi connectivity index (χ3v) is 10.7. The van der Waals surface area contributed by atoms with Crippen LogP contribution in [0.4, 0.5) is 0 Å². The largest absolute Gasteiger partial charge is 0.462 e. The van der Waals surface area contributed by atoms with Crippen LogP contribution in [0.3, 0.4) is 0 Å². The van der Waals surface area contributed by atoms with Gasteiger partial charge in [0.1, 0.15) is 13.2 Å². The zero-order chi connectivity index (χ0) is 39.7. The maximum Gasteiger partial charge on any atom is 0.306 e. The van der Waals surface area contributed by atoms with Crippen LogP contribution < -0.4 is 0 Å². The Kier molecular flexibility index (Phi) is 39.8. The highest BCUT2D eigenvalue weighted by atomic mass is 16.6. The molecule has 0 heterocycles. The van der Waals surface area contributed by atoms with Crippen LogP contribution in [0.2, 0.25) is 0 Å². The van der Waals surface area contributed by atoms with E-state index in [0.717, 1.165) is 69.6 Å². The number of hydrogen-bond acceptors (Lipinski definition) is 6. The van der Waals surface area contributed by atoms with Crippen LogP contribution in [0.1, 0.15) is 259 Å². The molecule has 0 amide bonds. The summed E-state index contributed by atoms with van der Waals surface area (Å²) in [5.74, 6) is 0.712. The molecule has 0 aromatic carbocycles. The van der Waals surface area contributed by atoms with E-state index in [1.807, 2.05) is 0 Å². The summed E-state index contributed by atoms with van der Waals surface area (Å²) in [6.07, 6.45) is 39.6. The van der Waals surface area contributed by atoms with Crippen LogP contribution in [0.15, 0.2) is 0 Å². The molecular weight excluding hydrogens is 673 g/mol. The highest BCUT2D eigenvalue weighted by molar-refractivity contribution is 5.71. The summed E-state index contributed by atoms with van der Waals surface area (Å²) in [5, 5.41) is 0. The van der Waals surface area contributed by atoms with Crippen LogP contribution in [0, 0.1) is 11.8 Å². The molecule has 0 saturated heterocycles. The van der Waals surface area contributed by atoms with Gasteiger partial charge in [-0.05, 0) is 31.1 Å². The summed E-state index contributed by atoms with van der Waals surface area (Å²) in [5.41, 5.74) is 0. The Morgan fingerprint density at radius 2 is 0.611 bits per heavy atom. The monoisotopic (exact) mass is 765 g/mol. The third-order valence-electron chi connectivity index (χ3n) is 10.7. The summed E-state index contributed by atoms with van der Waals surface area (Å²) in [7, 11) is 0. The molecule has 0 aromatic heterocycles. The lowest BCUT2D eigenvalue weighted by molar-refractivity contribution is -0.167. The molecule has 0 aliphatic carbocycles. The van der Waals surface area contributed by atoms with Crippen molar-refractivity contribution in [1.29, 1.82) is 0 Å². The normalized spacial score (nSPS) is 12.1. The number of unbranched alkanes of at least 4 members (excludes halogenated alkanes) is 27. The molecular formula is C48H92O6. The molecule has 0 rings (SSSR count). The maximum absolute atomic E-state index is 12.7. The summed E-state index contributed by atoms with van der Waals surface area (Å²) >= 11 is 0. The van der Waals surface area contributed by atoms with E-state index in [1.165, 1.54) is 148 Å². The van der Waals surface area contributed by atoms with Crippen molar-refractivity contribution in [2.45, 2.75) is 265 Å². The molecule has 0 aromatic rings. The van der Waals surface area contributed by atoms with Crippen LogP contribution in [0.5, 0.6) is 0 Å². The molecule has 6 nitrogen and oxygen atoms in total. The van der Waals surface area contributed by atoms with Crippen molar-refractivity contribution in [3.8, 4) is 0 Å². The highest BCUT2D eigenvalue weighted by Gasteiger charge is 2.19. The highest BCUT2D eigenvalue weighted by Crippen LogP contribution is 2.17. The van der Waals surface area contributed by atoms with Crippen molar-refractivity contribution in [2.24, 2.45) is 11.8 Å². The smallest absolute Gasteiger partial charge is 0.306 e. The second kappa shape index (κ2) is 41.1. The fraction of sp³-hybridized carbons (Fsp3) is 0.938. The number of carbonyl (C=O) groups is 3. The van der Waals surface area contributed by atoms with Gasteiger partial charge in [-0.1, -0.05) is 221 Å². The van der Waals surface area contributed by atoms with E-state index < -0.39 is 6.10 Å². The van der Waals surface area contributed by atoms with Gasteiger partial charge in [0.2, 0.25) is 0 Å². The van der Waals surface area contributed by atoms with E-state index in [0.29, 0.717) is 19.3 Å². The number of esters is 3. The van der Waals surface area contributed by atoms with Gasteiger partial charge < -0.3 is 14.2 Å². The fourth-order valence-electron chi connectivity index (χ4n) is 7.11. The van der Waals surface area contributed by atoms with Gasteiger partial charge in [-0.3, -0.25) is 14.4 Å². The molecule has 0 saturated carbocycles. The molecule has 320 valence electrons. The standard InChI is InChI=1S/C48H92O6/c1-6-7-8-9-10-11-12-13-14-15-16-19-23-30-35-40-48(51)54-45(42-53-47(50)39-34-29-25-24-27-32-37-44(4)5)41-52-46(49)38-33-28-22-20-17-18-21-26-31-36-43(2)3/h43-45H,6-42H2,1-5H3/t45-/m1/s1. The first-order valence-electron chi connectivity index (χ1n) is 23.7. The molecule has 54 heavy (non-hydrogen) atoms. The molecule has 0 aliphatic rings. The lowest BCUT2D eigenvalue weighted by atomic mass is 10.0. The Bertz CT molecular complexity index is 824. The van der Waals surface area contributed by atoms with E-state index in [1.54, 1.807) is 0 Å². The Balaban J connectivity index is 4.30. The van der Waals surface area contributed by atoms with Gasteiger partial charge in [0.05, 0.1) is 0 Å². The summed E-state index contributed by atoms with van der Waals surface area (Å²) in [4.78, 5) is 37.7. The minimum absolute atomic E-state index is 0.0656. The average molecular weight is 765 g/mol. The van der Waals surface area contributed by atoms with Crippen molar-refractivity contribution in [1.82, 2.24) is 0 Å². The summed E-state index contributed by atoms with van der Waals surface area (Å²) < 4.78 is 16.7. The van der Waals surface area contributed by atoms with E-state index in [-0.39, 0.29) is 31.1 Å². The molecule has 0 N–H and O–H groups in total. The molecule has 0 radical (unpaired) electrons. The van der Waals surface area contributed by atoms with Crippen molar-refractivity contribution >= 4 is 17.9 Å². The Morgan fingerprint density at radius 1 is 0.352 bits per heavy atom. The number of carbonyl (C=O) groups excluding carboxylic acids is 3. The summed E-state index contributed by atoms with van der Waals surface area (Å²) in [6, 6.07) is 0. The molecule has 0 bridgehead atoms. The van der Waals surface area contributed by atoms with Gasteiger partial charge in [0.15, 0.2) is 6.10 Å². The van der Waals surface area contributed by atoms with Gasteiger partial charge in [-0.25, -0.2) is 0 Å². The maximum atomic E-state index is 12.7. The average Bonchev–Trinajstić information content (AvgIpc) is 3.14. The molecule has 0 aliphatic heterocycles. The molecule has 0 spiro atoms. The second-order valence-electron chi connectivity index (χ2n) is 17.3. The molecule has 1 atom stereocenters. The topological polar surface area (TPSA) is 78.9 Å². The van der Waals surface area contributed by atoms with Crippen LogP contribution in [-0.2, 0) is 28.6 Å². The minimum atomic E-state index is -0.761. The third kappa shape index (κ3) is 41.6. The van der Waals surface area contributed by atoms with Gasteiger partial charge in [-0.2, -0.15) is 0 Å². The fourth-order valence-corrected chi connectivity index (χ4v) is 7.11. The SMILES string of the molecule is CCCCCCCCCCCCCCCCCC(=O)O[C@H](COC(=O)CCCCCCCCCCCC(C)C)COC(=O)CCCCCCCCC(C)C. The van der Waals surface area contributed by atoms with Gasteiger partial charge in [0, 0.05) is 19.3 Å². The van der Waals surface area contributed by atoms with Crippen LogP contribution in [-0.4, -0.2) is 37.2 Å². The van der Waals surface area contributed by atoms with Crippen molar-refractivity contribution in [2.75, 3.05) is 13.2 Å². The van der Waals surface area contributed by atoms with Gasteiger partial charge in [0.25, 0.3) is 0 Å². The van der Waals surface area contributed by atoms with Crippen LogP contribution >= 0.6 is 0 Å². The van der Waals surface area contributed by atoms with Crippen molar-refractivity contribution < 1.29 is 28.6 Å². The van der Waals surface area contributed by atoms with Crippen LogP contribution in [0.25, 0.3) is 0 Å². The Labute approximate surface area is 336 Å². The predicted molar refractivity (Wildman–Crippen MR) is 229 cm³/mol. The van der Waals surface area contributed by atoms with Gasteiger partial charge in [-0.15, -0.1) is 0 Å². The lowest BCUT2D eigenvalue weighted by Gasteiger charge is -2.18. The number of ether oxygens (including phenoxy) is 3. The molecule has 6 heteroatoms. The first-order chi connectivity index (χ1) is 26.2. The Hall–Kier alpha value is -1.59. The molecule has 0 unspecified atom stereocenters. The summed E-state index contributed by atoms with van der Waals surface area (Å²) in [6.45, 7) is 11.3. The number of rotatable bonds is 42. The van der Waals surface area contributed by atoms with E-state index in [2.05, 4.69) is 34.6 Å². The van der Waals surface area contributed by atoms with E-state index in [9.17, 15) is 14.4 Å². The lowest BCUT2D eigenvalue weighted by Crippen LogP contribution is -2.30. The van der Waals surface area contributed by atoms with E-state index >= 15 is 0 Å². The molecule has 0 fully saturated rings. The zero-order valence-electron chi connectivity index (χ0n) is 36.8. The number of hydrogen-bond donors (Lipinski definition) is 0. The van der Waals surface area contributed by atoms with Crippen molar-refractivity contribution in [3.63, 3.8) is 0 Å². The van der Waals surface area contributed by atoms with E-state index in [4.69, 9.17) is 14.2 Å². The minimum Gasteiger partial charge on any atom is -0.462 e. The quantitative estimate of drug-likeness (QED) is 0.0350. The van der Waals surface area contributed by atoms with Gasteiger partial charge >= 0.3 is 17.9 Å².